The zero-order chi connectivity index (χ0) is 38.9. The molecule has 18 nitrogen and oxygen atoms in total. The predicted octanol–water partition coefficient (Wildman–Crippen LogP) is 5.52. The second-order valence-electron chi connectivity index (χ2n) is 10.4. The number of azo groups is 1. The molecule has 0 saturated heterocycles. The maximum Gasteiger partial charge on any atom is 0.296 e. The number of halogens is 2. The Morgan fingerprint density at radius 2 is 1.37 bits per heavy atom. The maximum atomic E-state index is 13.3. The van der Waals surface area contributed by atoms with Crippen LogP contribution in [0, 0.1) is 0 Å². The summed E-state index contributed by atoms with van der Waals surface area (Å²) in [6.45, 7) is 4.92. The van der Waals surface area contributed by atoms with E-state index < -0.39 is 101 Å². The standard InChI is InChI=1S/C29H23Br2N5O13S3/c1-13(30)27(38)32-16-5-3-4-15(10-16)29(40)34-19-7-9-21(50(41,42)43)18-12-23(52(47,48)49)25(26(37)24(18)19)36-35-20-11-17(33-28(39)14(2)31)6-8-22(20)51(44,45)46/h3-12,14,37H,1H2,2H3,(H,32,38)(H,33,39)(H,34,40)(H,41,42,43)(H,44,45,46)(H,47,48,49). The van der Waals surface area contributed by atoms with Crippen molar-refractivity contribution in [2.75, 3.05) is 16.0 Å². The Balaban J connectivity index is 1.97. The van der Waals surface area contributed by atoms with Crippen molar-refractivity contribution in [3.05, 3.63) is 77.3 Å². The van der Waals surface area contributed by atoms with Gasteiger partial charge in [-0.05, 0) is 77.5 Å². The van der Waals surface area contributed by atoms with Gasteiger partial charge in [-0.25, -0.2) is 0 Å². The fraction of sp³-hybridized carbons (Fsp3) is 0.0690. The van der Waals surface area contributed by atoms with Crippen molar-refractivity contribution < 1.29 is 58.4 Å². The largest absolute Gasteiger partial charge is 0.505 e. The highest BCUT2D eigenvalue weighted by atomic mass is 79.9. The van der Waals surface area contributed by atoms with Crippen molar-refractivity contribution in [1.82, 2.24) is 0 Å². The first kappa shape index (κ1) is 40.2. The molecule has 23 heteroatoms. The minimum atomic E-state index is -5.44. The second-order valence-corrected chi connectivity index (χ2v) is 16.9. The summed E-state index contributed by atoms with van der Waals surface area (Å²) in [7, 11) is -15.7. The van der Waals surface area contributed by atoms with Gasteiger partial charge in [0, 0.05) is 22.3 Å². The molecule has 0 radical (unpaired) electrons. The number of anilines is 3. The molecule has 0 aliphatic rings. The van der Waals surface area contributed by atoms with Gasteiger partial charge in [0.25, 0.3) is 42.2 Å². The number of nitrogens with one attached hydrogen (secondary N) is 3. The van der Waals surface area contributed by atoms with Gasteiger partial charge >= 0.3 is 0 Å². The van der Waals surface area contributed by atoms with Crippen molar-refractivity contribution in [2.24, 2.45) is 10.2 Å². The van der Waals surface area contributed by atoms with Crippen LogP contribution in [0.25, 0.3) is 10.8 Å². The third-order valence-corrected chi connectivity index (χ3v) is 10.2. The van der Waals surface area contributed by atoms with E-state index in [-0.39, 0.29) is 21.4 Å². The lowest BCUT2D eigenvalue weighted by Crippen LogP contribution is -2.19. The SMILES string of the molecule is C=C(Br)C(=O)Nc1cccc(C(=O)Nc2ccc(S(=O)(=O)O)c3cc(S(=O)(=O)O)c(N=Nc4cc(NC(=O)C(C)Br)ccc4S(=O)(=O)O)c(O)c23)c1. The number of fused-ring (bicyclic) bond motifs is 1. The zero-order valence-electron chi connectivity index (χ0n) is 25.9. The van der Waals surface area contributed by atoms with Crippen LogP contribution in [0.1, 0.15) is 17.3 Å². The van der Waals surface area contributed by atoms with Crippen LogP contribution in [-0.2, 0) is 39.9 Å². The van der Waals surface area contributed by atoms with Crippen molar-refractivity contribution in [1.29, 1.82) is 0 Å². The molecule has 4 rings (SSSR count). The lowest BCUT2D eigenvalue weighted by Gasteiger charge is -2.16. The lowest BCUT2D eigenvalue weighted by atomic mass is 10.1. The molecule has 52 heavy (non-hydrogen) atoms. The van der Waals surface area contributed by atoms with Crippen LogP contribution in [0.2, 0.25) is 0 Å². The molecular weight excluding hydrogens is 882 g/mol. The summed E-state index contributed by atoms with van der Waals surface area (Å²) < 4.78 is 104. The molecule has 4 aromatic rings. The Morgan fingerprint density at radius 1 is 0.769 bits per heavy atom. The second kappa shape index (κ2) is 15.2. The Hall–Kier alpha value is -4.62. The lowest BCUT2D eigenvalue weighted by molar-refractivity contribution is -0.115. The van der Waals surface area contributed by atoms with Gasteiger partial charge in [-0.2, -0.15) is 25.3 Å². The number of rotatable bonds is 11. The van der Waals surface area contributed by atoms with Gasteiger partial charge in [0.15, 0.2) is 5.75 Å². The number of phenolic OH excluding ortho intramolecular Hbond substituents is 1. The number of carbonyl (C=O) groups is 3. The smallest absolute Gasteiger partial charge is 0.296 e. The number of phenols is 1. The summed E-state index contributed by atoms with van der Waals surface area (Å²) in [5, 5.41) is 24.6. The third kappa shape index (κ3) is 9.23. The Kier molecular flexibility index (Phi) is 11.7. The highest BCUT2D eigenvalue weighted by molar-refractivity contribution is 9.12. The molecule has 0 saturated carbocycles. The monoisotopic (exact) mass is 903 g/mol. The van der Waals surface area contributed by atoms with Crippen LogP contribution in [0.3, 0.4) is 0 Å². The van der Waals surface area contributed by atoms with Crippen LogP contribution in [0.15, 0.2) is 96.6 Å². The van der Waals surface area contributed by atoms with E-state index in [4.69, 9.17) is 0 Å². The normalized spacial score (nSPS) is 12.7. The summed E-state index contributed by atoms with van der Waals surface area (Å²) in [6, 6.07) is 10.4. The summed E-state index contributed by atoms with van der Waals surface area (Å²) >= 11 is 5.97. The number of carbonyl (C=O) groups excluding carboxylic acids is 3. The van der Waals surface area contributed by atoms with Crippen molar-refractivity contribution >= 4 is 119 Å². The molecule has 7 N–H and O–H groups in total. The first-order valence-electron chi connectivity index (χ1n) is 13.8. The van der Waals surface area contributed by atoms with Crippen molar-refractivity contribution in [3.8, 4) is 5.75 Å². The van der Waals surface area contributed by atoms with E-state index in [0.29, 0.717) is 6.07 Å². The van der Waals surface area contributed by atoms with Gasteiger partial charge in [-0.15, -0.1) is 10.2 Å². The van der Waals surface area contributed by atoms with Crippen LogP contribution in [-0.4, -0.2) is 66.6 Å². The van der Waals surface area contributed by atoms with Gasteiger partial charge < -0.3 is 21.1 Å². The Morgan fingerprint density at radius 3 is 1.94 bits per heavy atom. The summed E-state index contributed by atoms with van der Waals surface area (Å²) in [4.78, 5) is 33.6. The van der Waals surface area contributed by atoms with Gasteiger partial charge in [-0.3, -0.25) is 28.0 Å². The molecule has 0 heterocycles. The van der Waals surface area contributed by atoms with Gasteiger partial charge in [-0.1, -0.05) is 28.6 Å². The van der Waals surface area contributed by atoms with Crippen molar-refractivity contribution in [2.45, 2.75) is 26.4 Å². The van der Waals surface area contributed by atoms with Gasteiger partial charge in [0.05, 0.1) is 20.4 Å². The fourth-order valence-corrected chi connectivity index (χ4v) is 6.57. The fourth-order valence-electron chi connectivity index (χ4n) is 4.42. The quantitative estimate of drug-likeness (QED) is 0.0423. The van der Waals surface area contributed by atoms with Crippen LogP contribution in [0.5, 0.6) is 5.75 Å². The van der Waals surface area contributed by atoms with Gasteiger partial charge in [0.1, 0.15) is 26.1 Å². The predicted molar refractivity (Wildman–Crippen MR) is 194 cm³/mol. The van der Waals surface area contributed by atoms with E-state index in [1.165, 1.54) is 31.2 Å². The third-order valence-electron chi connectivity index (χ3n) is 6.73. The molecule has 274 valence electrons. The number of aromatic hydroxyl groups is 1. The number of nitrogens with zero attached hydrogens (tertiary/aromatic N) is 2. The van der Waals surface area contributed by atoms with E-state index in [1.807, 2.05) is 0 Å². The molecule has 0 spiro atoms. The van der Waals surface area contributed by atoms with E-state index in [9.17, 15) is 58.4 Å². The van der Waals surface area contributed by atoms with E-state index >= 15 is 0 Å². The average Bonchev–Trinajstić information content (AvgIpc) is 3.02. The molecule has 4 aromatic carbocycles. The molecule has 1 unspecified atom stereocenters. The first-order chi connectivity index (χ1) is 24.0. The highest BCUT2D eigenvalue weighted by Crippen LogP contribution is 2.46. The molecular formula is C29H23Br2N5O13S3. The molecule has 0 aliphatic heterocycles. The number of benzene rings is 4. The molecule has 0 aliphatic carbocycles. The maximum absolute atomic E-state index is 13.3. The summed E-state index contributed by atoms with van der Waals surface area (Å²) in [5.41, 5.74) is -2.24. The Labute approximate surface area is 311 Å². The molecule has 0 fully saturated rings. The summed E-state index contributed by atoms with van der Waals surface area (Å²) in [5.74, 6) is -3.38. The van der Waals surface area contributed by atoms with Crippen LogP contribution < -0.4 is 16.0 Å². The van der Waals surface area contributed by atoms with Crippen molar-refractivity contribution in [3.63, 3.8) is 0 Å². The van der Waals surface area contributed by atoms with E-state index in [0.717, 1.165) is 30.3 Å². The minimum absolute atomic E-state index is 0.0154. The number of hydrogen-bond donors (Lipinski definition) is 7. The van der Waals surface area contributed by atoms with E-state index in [2.05, 4.69) is 64.6 Å². The molecule has 0 bridgehead atoms. The molecule has 0 aromatic heterocycles. The zero-order valence-corrected chi connectivity index (χ0v) is 31.5. The minimum Gasteiger partial charge on any atom is -0.505 e. The molecule has 3 amide bonds. The number of amides is 3. The van der Waals surface area contributed by atoms with Crippen LogP contribution in [0.4, 0.5) is 28.4 Å². The number of hydrogen-bond acceptors (Lipinski definition) is 12. The summed E-state index contributed by atoms with van der Waals surface area (Å²) in [6.07, 6.45) is 0. The first-order valence-corrected chi connectivity index (χ1v) is 19.8. The Bertz CT molecular complexity index is 2560. The average molecular weight is 906 g/mol. The van der Waals surface area contributed by atoms with Gasteiger partial charge in [0.2, 0.25) is 5.91 Å². The topological polar surface area (TPSA) is 295 Å². The van der Waals surface area contributed by atoms with E-state index in [1.54, 1.807) is 0 Å². The molecule has 1 atom stereocenters. The highest BCUT2D eigenvalue weighted by Gasteiger charge is 2.28. The van der Waals surface area contributed by atoms with Crippen LogP contribution >= 0.6 is 31.9 Å². The number of alkyl halides is 1.